The third kappa shape index (κ3) is 8.92. The van der Waals surface area contributed by atoms with Crippen molar-refractivity contribution in [1.29, 1.82) is 0 Å². The lowest BCUT2D eigenvalue weighted by molar-refractivity contribution is -0.137. The van der Waals surface area contributed by atoms with E-state index in [0.29, 0.717) is 6.61 Å². The van der Waals surface area contributed by atoms with Gasteiger partial charge in [-0.3, -0.25) is 0 Å². The smallest absolute Gasteiger partial charge is 0.330 e. The Morgan fingerprint density at radius 2 is 1.65 bits per heavy atom. The summed E-state index contributed by atoms with van der Waals surface area (Å²) in [5.41, 5.74) is 1.01. The van der Waals surface area contributed by atoms with Crippen LogP contribution in [0.25, 0.3) is 6.08 Å². The Labute approximate surface area is 130 Å². The predicted molar refractivity (Wildman–Crippen MR) is 87.9 cm³/mol. The number of hydrogen-bond acceptors (Lipinski definition) is 2. The second-order valence-electron chi connectivity index (χ2n) is 4.72. The number of benzene rings is 1. The van der Waals surface area contributed by atoms with E-state index >= 15 is 0 Å². The van der Waals surface area contributed by atoms with Crippen molar-refractivity contribution >= 4 is 28.0 Å². The van der Waals surface area contributed by atoms with Crippen LogP contribution in [0.1, 0.15) is 44.1 Å². The van der Waals surface area contributed by atoms with Crippen LogP contribution in [0.3, 0.4) is 0 Å². The van der Waals surface area contributed by atoms with E-state index in [1.54, 1.807) is 6.08 Å². The molecule has 0 radical (unpaired) electrons. The molecule has 0 fully saturated rings. The second-order valence-corrected chi connectivity index (χ2v) is 5.51. The fourth-order valence-corrected chi connectivity index (χ4v) is 2.25. The molecule has 0 N–H and O–H groups in total. The van der Waals surface area contributed by atoms with Crippen molar-refractivity contribution < 1.29 is 9.53 Å². The summed E-state index contributed by atoms with van der Waals surface area (Å²) in [6.07, 6.45) is 10.4. The molecule has 0 aliphatic carbocycles. The Bertz CT molecular complexity index is 387. The Kier molecular flexibility index (Phi) is 9.93. The van der Waals surface area contributed by atoms with E-state index in [1.807, 2.05) is 30.3 Å². The Morgan fingerprint density at radius 3 is 2.35 bits per heavy atom. The maximum Gasteiger partial charge on any atom is 0.330 e. The lowest BCUT2D eigenvalue weighted by atomic mass is 10.1. The molecular formula is C17H23BrO2. The normalized spacial score (nSPS) is 10.8. The van der Waals surface area contributed by atoms with Gasteiger partial charge in [0, 0.05) is 11.4 Å². The molecule has 0 aliphatic heterocycles. The first kappa shape index (κ1) is 17.0. The summed E-state index contributed by atoms with van der Waals surface area (Å²) < 4.78 is 5.16. The summed E-state index contributed by atoms with van der Waals surface area (Å²) in [6, 6.07) is 9.75. The van der Waals surface area contributed by atoms with Crippen molar-refractivity contribution in [1.82, 2.24) is 0 Å². The minimum Gasteiger partial charge on any atom is -0.463 e. The van der Waals surface area contributed by atoms with Crippen LogP contribution < -0.4 is 0 Å². The van der Waals surface area contributed by atoms with E-state index in [1.165, 1.54) is 31.8 Å². The van der Waals surface area contributed by atoms with Gasteiger partial charge < -0.3 is 4.74 Å². The maximum atomic E-state index is 11.5. The maximum absolute atomic E-state index is 11.5. The third-order valence-electron chi connectivity index (χ3n) is 2.98. The van der Waals surface area contributed by atoms with Gasteiger partial charge in [0.1, 0.15) is 0 Å². The number of carbonyl (C=O) groups excluding carboxylic acids is 1. The summed E-state index contributed by atoms with van der Waals surface area (Å²) in [4.78, 5) is 11.5. The summed E-state index contributed by atoms with van der Waals surface area (Å²) in [7, 11) is 0. The van der Waals surface area contributed by atoms with Crippen molar-refractivity contribution in [2.24, 2.45) is 0 Å². The second kappa shape index (κ2) is 11.7. The molecule has 0 bridgehead atoms. The van der Waals surface area contributed by atoms with Gasteiger partial charge in [-0.1, -0.05) is 71.9 Å². The number of unbranched alkanes of at least 4 members (excludes halogenated alkanes) is 5. The molecule has 1 aromatic carbocycles. The van der Waals surface area contributed by atoms with E-state index in [9.17, 15) is 4.79 Å². The average Bonchev–Trinajstić information content (AvgIpc) is 2.49. The molecule has 1 rings (SSSR count). The van der Waals surface area contributed by atoms with Gasteiger partial charge in [-0.05, 0) is 24.5 Å². The van der Waals surface area contributed by atoms with Gasteiger partial charge in [-0.2, -0.15) is 0 Å². The molecule has 0 amide bonds. The zero-order valence-electron chi connectivity index (χ0n) is 11.9. The molecule has 3 heteroatoms. The zero-order valence-corrected chi connectivity index (χ0v) is 13.5. The zero-order chi connectivity index (χ0) is 14.5. The molecule has 0 spiro atoms. The summed E-state index contributed by atoms with van der Waals surface area (Å²) in [5, 5.41) is 1.10. The highest BCUT2D eigenvalue weighted by atomic mass is 79.9. The summed E-state index contributed by atoms with van der Waals surface area (Å²) >= 11 is 3.43. The van der Waals surface area contributed by atoms with Gasteiger partial charge >= 0.3 is 5.97 Å². The van der Waals surface area contributed by atoms with Crippen LogP contribution in [0.15, 0.2) is 36.4 Å². The molecule has 0 atom stereocenters. The molecule has 1 aromatic rings. The molecule has 0 heterocycles. The van der Waals surface area contributed by atoms with Gasteiger partial charge in [-0.25, -0.2) is 4.79 Å². The Balaban J connectivity index is 2.02. The number of rotatable bonds is 10. The highest BCUT2D eigenvalue weighted by Gasteiger charge is 1.97. The molecule has 0 unspecified atom stereocenters. The molecule has 110 valence electrons. The fourth-order valence-electron chi connectivity index (χ4n) is 1.85. The Morgan fingerprint density at radius 1 is 1.00 bits per heavy atom. The minimum absolute atomic E-state index is 0.256. The highest BCUT2D eigenvalue weighted by Crippen LogP contribution is 2.07. The van der Waals surface area contributed by atoms with Gasteiger partial charge in [0.15, 0.2) is 0 Å². The number of ether oxygens (including phenoxy) is 1. The number of halogens is 1. The number of alkyl halides is 1. The molecule has 20 heavy (non-hydrogen) atoms. The molecule has 0 saturated heterocycles. The quantitative estimate of drug-likeness (QED) is 0.260. The summed E-state index contributed by atoms with van der Waals surface area (Å²) in [5.74, 6) is -0.256. The number of esters is 1. The monoisotopic (exact) mass is 338 g/mol. The molecular weight excluding hydrogens is 316 g/mol. The van der Waals surface area contributed by atoms with Gasteiger partial charge in [0.05, 0.1) is 6.61 Å². The van der Waals surface area contributed by atoms with Gasteiger partial charge in [0.25, 0.3) is 0 Å². The largest absolute Gasteiger partial charge is 0.463 e. The lowest BCUT2D eigenvalue weighted by Crippen LogP contribution is -2.02. The first-order valence-electron chi connectivity index (χ1n) is 7.29. The first-order chi connectivity index (χ1) is 9.83. The minimum atomic E-state index is -0.256. The molecule has 0 aromatic heterocycles. The average molecular weight is 339 g/mol. The molecule has 2 nitrogen and oxygen atoms in total. The molecule has 0 saturated carbocycles. The fraction of sp³-hybridized carbons (Fsp3) is 0.471. The number of carbonyl (C=O) groups is 1. The van der Waals surface area contributed by atoms with E-state index < -0.39 is 0 Å². The van der Waals surface area contributed by atoms with Crippen LogP contribution in [0.5, 0.6) is 0 Å². The van der Waals surface area contributed by atoms with Crippen LogP contribution in [0.2, 0.25) is 0 Å². The van der Waals surface area contributed by atoms with Crippen LogP contribution in [0, 0.1) is 0 Å². The lowest BCUT2D eigenvalue weighted by Gasteiger charge is -2.02. The van der Waals surface area contributed by atoms with E-state index in [4.69, 9.17) is 4.74 Å². The Hall–Kier alpha value is -1.09. The van der Waals surface area contributed by atoms with E-state index in [0.717, 1.165) is 23.7 Å². The van der Waals surface area contributed by atoms with Crippen molar-refractivity contribution in [2.75, 3.05) is 11.9 Å². The van der Waals surface area contributed by atoms with Crippen LogP contribution >= 0.6 is 15.9 Å². The van der Waals surface area contributed by atoms with Crippen molar-refractivity contribution in [3.05, 3.63) is 42.0 Å². The first-order valence-corrected chi connectivity index (χ1v) is 8.41. The number of hydrogen-bond donors (Lipinski definition) is 0. The topological polar surface area (TPSA) is 26.3 Å². The molecule has 0 aliphatic rings. The van der Waals surface area contributed by atoms with Crippen molar-refractivity contribution in [3.8, 4) is 0 Å². The van der Waals surface area contributed by atoms with Crippen molar-refractivity contribution in [2.45, 2.75) is 38.5 Å². The van der Waals surface area contributed by atoms with Crippen LogP contribution in [0.4, 0.5) is 0 Å². The third-order valence-corrected chi connectivity index (χ3v) is 3.54. The standard InChI is InChI=1S/C17H23BrO2/c18-14-8-3-1-2-4-9-15-20-17(19)13-12-16-10-6-5-7-11-16/h5-7,10-13H,1-4,8-9,14-15H2. The van der Waals surface area contributed by atoms with Gasteiger partial charge in [-0.15, -0.1) is 0 Å². The SMILES string of the molecule is O=C(C=Cc1ccccc1)OCCCCCCCCBr. The van der Waals surface area contributed by atoms with Crippen molar-refractivity contribution in [3.63, 3.8) is 0 Å². The van der Waals surface area contributed by atoms with E-state index in [2.05, 4.69) is 15.9 Å². The van der Waals surface area contributed by atoms with Crippen LogP contribution in [-0.2, 0) is 9.53 Å². The van der Waals surface area contributed by atoms with E-state index in [-0.39, 0.29) is 5.97 Å². The highest BCUT2D eigenvalue weighted by molar-refractivity contribution is 9.09. The van der Waals surface area contributed by atoms with Gasteiger partial charge in [0.2, 0.25) is 0 Å². The van der Waals surface area contributed by atoms with Crippen LogP contribution in [-0.4, -0.2) is 17.9 Å². The predicted octanol–water partition coefficient (Wildman–Crippen LogP) is 4.98. The summed E-state index contributed by atoms with van der Waals surface area (Å²) in [6.45, 7) is 0.524.